The van der Waals surface area contributed by atoms with E-state index >= 15 is 0 Å². The fourth-order valence-electron chi connectivity index (χ4n) is 1.23. The van der Waals surface area contributed by atoms with E-state index in [-0.39, 0.29) is 24.3 Å². The monoisotopic (exact) mass is 173 g/mol. The first-order chi connectivity index (χ1) is 5.59. The summed E-state index contributed by atoms with van der Waals surface area (Å²) in [5.41, 5.74) is 0. The summed E-state index contributed by atoms with van der Waals surface area (Å²) in [6, 6.07) is -0.0151. The van der Waals surface area contributed by atoms with Gasteiger partial charge in [-0.1, -0.05) is 0 Å². The van der Waals surface area contributed by atoms with Crippen molar-refractivity contribution in [3.05, 3.63) is 0 Å². The van der Waals surface area contributed by atoms with Gasteiger partial charge < -0.3 is 14.8 Å². The largest absolute Gasteiger partial charge is 0.351 e. The van der Waals surface area contributed by atoms with Crippen LogP contribution in [-0.2, 0) is 14.3 Å². The lowest BCUT2D eigenvalue weighted by Gasteiger charge is -2.33. The van der Waals surface area contributed by atoms with Gasteiger partial charge in [-0.3, -0.25) is 4.79 Å². The number of carbonyl (C=O) groups excluding carboxylic acids is 1. The van der Waals surface area contributed by atoms with Gasteiger partial charge in [0.25, 0.3) is 0 Å². The molecule has 1 aliphatic rings. The van der Waals surface area contributed by atoms with Gasteiger partial charge in [-0.15, -0.1) is 0 Å². The van der Waals surface area contributed by atoms with E-state index in [1.54, 1.807) is 0 Å². The molecule has 1 rings (SSSR count). The Labute approximate surface area is 72.2 Å². The lowest BCUT2D eigenvalue weighted by atomic mass is 10.2. The minimum absolute atomic E-state index is 0.0151. The van der Waals surface area contributed by atoms with E-state index in [9.17, 15) is 4.79 Å². The average Bonchev–Trinajstić information content (AvgIpc) is 1.94. The molecule has 3 atom stereocenters. The molecule has 12 heavy (non-hydrogen) atoms. The van der Waals surface area contributed by atoms with E-state index in [0.717, 1.165) is 0 Å². The molecule has 1 fully saturated rings. The van der Waals surface area contributed by atoms with Gasteiger partial charge in [0, 0.05) is 6.92 Å². The molecule has 0 aliphatic carbocycles. The highest BCUT2D eigenvalue weighted by Crippen LogP contribution is 2.11. The highest BCUT2D eigenvalue weighted by Gasteiger charge is 2.26. The van der Waals surface area contributed by atoms with Gasteiger partial charge in [-0.25, -0.2) is 0 Å². The fraction of sp³-hybridized carbons (Fsp3) is 0.875. The molecular weight excluding hydrogens is 158 g/mol. The maximum absolute atomic E-state index is 10.7. The molecule has 1 unspecified atom stereocenters. The SMILES string of the molecule is CC(=O)N[C@@H]1COC(C)O[C@H]1C. The van der Waals surface area contributed by atoms with E-state index in [0.29, 0.717) is 6.61 Å². The second-order valence-electron chi connectivity index (χ2n) is 3.05. The van der Waals surface area contributed by atoms with Crippen molar-refractivity contribution in [3.63, 3.8) is 0 Å². The zero-order valence-electron chi connectivity index (χ0n) is 7.66. The number of rotatable bonds is 1. The van der Waals surface area contributed by atoms with Gasteiger partial charge >= 0.3 is 0 Å². The molecule has 1 amide bonds. The van der Waals surface area contributed by atoms with Crippen LogP contribution in [0.2, 0.25) is 0 Å². The van der Waals surface area contributed by atoms with Gasteiger partial charge in [0.2, 0.25) is 5.91 Å². The third-order valence-corrected chi connectivity index (χ3v) is 1.87. The van der Waals surface area contributed by atoms with Crippen molar-refractivity contribution in [1.82, 2.24) is 5.32 Å². The number of hydrogen-bond acceptors (Lipinski definition) is 3. The molecule has 0 aromatic carbocycles. The molecule has 1 saturated heterocycles. The summed E-state index contributed by atoms with van der Waals surface area (Å²) >= 11 is 0. The number of amides is 1. The number of hydrogen-bond donors (Lipinski definition) is 1. The normalized spacial score (nSPS) is 36.1. The number of ether oxygens (including phenoxy) is 2. The van der Waals surface area contributed by atoms with Crippen LogP contribution in [0, 0.1) is 0 Å². The summed E-state index contributed by atoms with van der Waals surface area (Å²) in [5, 5.41) is 2.76. The van der Waals surface area contributed by atoms with E-state index in [1.165, 1.54) is 6.92 Å². The third kappa shape index (κ3) is 2.46. The predicted molar refractivity (Wildman–Crippen MR) is 43.6 cm³/mol. The first-order valence-corrected chi connectivity index (χ1v) is 4.13. The van der Waals surface area contributed by atoms with Crippen molar-refractivity contribution >= 4 is 5.91 Å². The number of nitrogens with one attached hydrogen (secondary N) is 1. The Hall–Kier alpha value is -0.610. The molecular formula is C8H15NO3. The van der Waals surface area contributed by atoms with Crippen LogP contribution in [0.25, 0.3) is 0 Å². The Morgan fingerprint density at radius 1 is 1.50 bits per heavy atom. The van der Waals surface area contributed by atoms with Crippen LogP contribution < -0.4 is 5.32 Å². The summed E-state index contributed by atoms with van der Waals surface area (Å²) in [6.07, 6.45) is -0.136. The predicted octanol–water partition coefficient (Wildman–Crippen LogP) is 0.272. The van der Waals surface area contributed by atoms with Crippen molar-refractivity contribution in [3.8, 4) is 0 Å². The van der Waals surface area contributed by atoms with Crippen LogP contribution in [0.4, 0.5) is 0 Å². The number of carbonyl (C=O) groups is 1. The van der Waals surface area contributed by atoms with Crippen molar-refractivity contribution in [1.29, 1.82) is 0 Å². The van der Waals surface area contributed by atoms with Gasteiger partial charge in [0.15, 0.2) is 6.29 Å². The lowest BCUT2D eigenvalue weighted by molar-refractivity contribution is -0.210. The average molecular weight is 173 g/mol. The zero-order valence-corrected chi connectivity index (χ0v) is 7.66. The van der Waals surface area contributed by atoms with E-state index in [4.69, 9.17) is 9.47 Å². The Bertz CT molecular complexity index is 172. The molecule has 1 N–H and O–H groups in total. The molecule has 4 nitrogen and oxygen atoms in total. The minimum Gasteiger partial charge on any atom is -0.351 e. The summed E-state index contributed by atoms with van der Waals surface area (Å²) in [5.74, 6) is -0.0476. The van der Waals surface area contributed by atoms with Crippen LogP contribution in [0.1, 0.15) is 20.8 Å². The maximum atomic E-state index is 10.7. The highest BCUT2D eigenvalue weighted by molar-refractivity contribution is 5.73. The maximum Gasteiger partial charge on any atom is 0.217 e. The van der Waals surface area contributed by atoms with Crippen LogP contribution in [0.3, 0.4) is 0 Å². The van der Waals surface area contributed by atoms with Crippen molar-refractivity contribution < 1.29 is 14.3 Å². The van der Waals surface area contributed by atoms with Crippen LogP contribution in [0.15, 0.2) is 0 Å². The Kier molecular flexibility index (Phi) is 3.05. The summed E-state index contributed by atoms with van der Waals surface area (Å²) in [4.78, 5) is 10.7. The molecule has 0 bridgehead atoms. The van der Waals surface area contributed by atoms with Gasteiger partial charge in [0.1, 0.15) is 0 Å². The first kappa shape index (κ1) is 9.48. The lowest BCUT2D eigenvalue weighted by Crippen LogP contribution is -2.50. The van der Waals surface area contributed by atoms with Gasteiger partial charge in [-0.05, 0) is 13.8 Å². The van der Waals surface area contributed by atoms with Crippen LogP contribution in [0.5, 0.6) is 0 Å². The Morgan fingerprint density at radius 2 is 2.17 bits per heavy atom. The van der Waals surface area contributed by atoms with Crippen molar-refractivity contribution in [2.75, 3.05) is 6.61 Å². The first-order valence-electron chi connectivity index (χ1n) is 4.13. The molecule has 0 spiro atoms. The van der Waals surface area contributed by atoms with E-state index in [1.807, 2.05) is 13.8 Å². The van der Waals surface area contributed by atoms with E-state index < -0.39 is 0 Å². The van der Waals surface area contributed by atoms with Gasteiger partial charge in [-0.2, -0.15) is 0 Å². The van der Waals surface area contributed by atoms with E-state index in [2.05, 4.69) is 5.32 Å². The Balaban J connectivity index is 2.39. The van der Waals surface area contributed by atoms with Crippen LogP contribution >= 0.6 is 0 Å². The minimum atomic E-state index is -0.162. The second kappa shape index (κ2) is 3.87. The molecule has 0 radical (unpaired) electrons. The highest BCUT2D eigenvalue weighted by atomic mass is 16.7. The molecule has 70 valence electrons. The standard InChI is InChI=1S/C8H15NO3/c1-5-8(9-6(2)10)4-11-7(3)12-5/h5,7-8H,4H2,1-3H3,(H,9,10)/t5-,7?,8+/m0/s1. The van der Waals surface area contributed by atoms with Gasteiger partial charge in [0.05, 0.1) is 18.8 Å². The fourth-order valence-corrected chi connectivity index (χ4v) is 1.23. The third-order valence-electron chi connectivity index (χ3n) is 1.87. The summed E-state index contributed by atoms with van der Waals surface area (Å²) in [6.45, 7) is 5.80. The zero-order chi connectivity index (χ0) is 9.14. The van der Waals surface area contributed by atoms with Crippen LogP contribution in [-0.4, -0.2) is 30.9 Å². The quantitative estimate of drug-likeness (QED) is 0.619. The van der Waals surface area contributed by atoms with Crippen molar-refractivity contribution in [2.45, 2.75) is 39.2 Å². The molecule has 1 aliphatic heterocycles. The topological polar surface area (TPSA) is 47.6 Å². The smallest absolute Gasteiger partial charge is 0.217 e. The Morgan fingerprint density at radius 3 is 2.67 bits per heavy atom. The summed E-state index contributed by atoms with van der Waals surface area (Å²) in [7, 11) is 0. The molecule has 0 aromatic heterocycles. The molecule has 4 heteroatoms. The molecule has 1 heterocycles. The van der Waals surface area contributed by atoms with Crippen molar-refractivity contribution in [2.24, 2.45) is 0 Å². The second-order valence-corrected chi connectivity index (χ2v) is 3.05. The molecule has 0 aromatic rings. The molecule has 0 saturated carbocycles. The summed E-state index contributed by atoms with van der Waals surface area (Å²) < 4.78 is 10.6.